The first-order chi connectivity index (χ1) is 14.3. The number of benzene rings is 2. The number of halogens is 2. The standard InChI is InChI=1S/C22H26F2N2O3S/c1-16(7-8-17-5-3-2-4-6-17)25-22(27)18-11-13-26(14-12-18)30(28,29)21-15-19(23)9-10-20(21)24/h2-6,9-10,15-16,18H,7-8,11-14H2,1H3,(H,25,27). The van der Waals surface area contributed by atoms with Crippen molar-refractivity contribution in [1.82, 2.24) is 9.62 Å². The van der Waals surface area contributed by atoms with Gasteiger partial charge in [0, 0.05) is 25.0 Å². The molecule has 162 valence electrons. The molecule has 0 bridgehead atoms. The van der Waals surface area contributed by atoms with Crippen LogP contribution in [0.5, 0.6) is 0 Å². The normalized spacial score (nSPS) is 16.9. The van der Waals surface area contributed by atoms with Gasteiger partial charge in [0.15, 0.2) is 0 Å². The Bertz CT molecular complexity index is 975. The molecule has 1 amide bonds. The van der Waals surface area contributed by atoms with E-state index in [9.17, 15) is 22.0 Å². The van der Waals surface area contributed by atoms with Crippen LogP contribution >= 0.6 is 0 Å². The summed E-state index contributed by atoms with van der Waals surface area (Å²) in [6.45, 7) is 2.14. The third-order valence-electron chi connectivity index (χ3n) is 5.43. The summed E-state index contributed by atoms with van der Waals surface area (Å²) in [5, 5.41) is 3.01. The Hall–Kier alpha value is -2.32. The number of nitrogens with zero attached hydrogens (tertiary/aromatic N) is 1. The number of rotatable bonds is 7. The first kappa shape index (κ1) is 22.4. The van der Waals surface area contributed by atoms with Crippen molar-refractivity contribution in [1.29, 1.82) is 0 Å². The van der Waals surface area contributed by atoms with Crippen LogP contribution in [0.3, 0.4) is 0 Å². The van der Waals surface area contributed by atoms with Crippen LogP contribution in [-0.2, 0) is 21.2 Å². The van der Waals surface area contributed by atoms with Gasteiger partial charge in [0.25, 0.3) is 0 Å². The van der Waals surface area contributed by atoms with Crippen LogP contribution < -0.4 is 5.32 Å². The lowest BCUT2D eigenvalue weighted by atomic mass is 9.96. The predicted molar refractivity (Wildman–Crippen MR) is 110 cm³/mol. The summed E-state index contributed by atoms with van der Waals surface area (Å²) in [7, 11) is -4.14. The molecule has 8 heteroatoms. The van der Waals surface area contributed by atoms with E-state index in [1.807, 2.05) is 37.3 Å². The Morgan fingerprint density at radius 2 is 1.80 bits per heavy atom. The topological polar surface area (TPSA) is 66.5 Å². The van der Waals surface area contributed by atoms with Crippen LogP contribution in [-0.4, -0.2) is 37.8 Å². The largest absolute Gasteiger partial charge is 0.353 e. The van der Waals surface area contributed by atoms with Crippen LogP contribution in [0, 0.1) is 17.6 Å². The van der Waals surface area contributed by atoms with Crippen molar-refractivity contribution in [2.24, 2.45) is 5.92 Å². The Morgan fingerprint density at radius 1 is 1.13 bits per heavy atom. The van der Waals surface area contributed by atoms with Gasteiger partial charge in [0.2, 0.25) is 15.9 Å². The summed E-state index contributed by atoms with van der Waals surface area (Å²) in [5.41, 5.74) is 1.21. The van der Waals surface area contributed by atoms with Gasteiger partial charge in [-0.3, -0.25) is 4.79 Å². The van der Waals surface area contributed by atoms with E-state index in [0.717, 1.165) is 29.3 Å². The molecule has 1 heterocycles. The third kappa shape index (κ3) is 5.43. The zero-order valence-corrected chi connectivity index (χ0v) is 17.7. The van der Waals surface area contributed by atoms with Crippen molar-refractivity contribution >= 4 is 15.9 Å². The Kier molecular flexibility index (Phi) is 7.20. The molecular formula is C22H26F2N2O3S. The van der Waals surface area contributed by atoms with Crippen LogP contribution in [0.1, 0.15) is 31.7 Å². The molecule has 1 N–H and O–H groups in total. The average Bonchev–Trinajstić information content (AvgIpc) is 2.74. The lowest BCUT2D eigenvalue weighted by molar-refractivity contribution is -0.126. The molecule has 5 nitrogen and oxygen atoms in total. The summed E-state index contributed by atoms with van der Waals surface area (Å²) in [4.78, 5) is 11.9. The van der Waals surface area contributed by atoms with E-state index in [1.54, 1.807) is 0 Å². The number of nitrogens with one attached hydrogen (secondary N) is 1. The maximum Gasteiger partial charge on any atom is 0.246 e. The number of sulfonamides is 1. The minimum absolute atomic E-state index is 0.000795. The molecule has 1 unspecified atom stereocenters. The fraction of sp³-hybridized carbons (Fsp3) is 0.409. The lowest BCUT2D eigenvalue weighted by Crippen LogP contribution is -2.45. The van der Waals surface area contributed by atoms with Crippen LogP contribution in [0.15, 0.2) is 53.4 Å². The third-order valence-corrected chi connectivity index (χ3v) is 7.35. The first-order valence-electron chi connectivity index (χ1n) is 10.1. The van der Waals surface area contributed by atoms with E-state index in [4.69, 9.17) is 0 Å². The van der Waals surface area contributed by atoms with Gasteiger partial charge in [0.05, 0.1) is 0 Å². The van der Waals surface area contributed by atoms with E-state index in [2.05, 4.69) is 5.32 Å². The predicted octanol–water partition coefficient (Wildman–Crippen LogP) is 3.50. The molecule has 2 aromatic rings. The van der Waals surface area contributed by atoms with Gasteiger partial charge in [-0.1, -0.05) is 30.3 Å². The van der Waals surface area contributed by atoms with Crippen LogP contribution in [0.25, 0.3) is 0 Å². The van der Waals surface area contributed by atoms with Crippen molar-refractivity contribution in [3.8, 4) is 0 Å². The molecule has 3 rings (SSSR count). The molecule has 1 fully saturated rings. The molecule has 1 aliphatic rings. The minimum Gasteiger partial charge on any atom is -0.353 e. The van der Waals surface area contributed by atoms with Gasteiger partial charge in [0.1, 0.15) is 16.5 Å². The highest BCUT2D eigenvalue weighted by atomic mass is 32.2. The molecule has 1 saturated heterocycles. The molecule has 1 aliphatic heterocycles. The number of hydrogen-bond acceptors (Lipinski definition) is 3. The van der Waals surface area contributed by atoms with E-state index in [0.29, 0.717) is 18.9 Å². The number of carbonyl (C=O) groups excluding carboxylic acids is 1. The van der Waals surface area contributed by atoms with Crippen molar-refractivity contribution in [2.75, 3.05) is 13.1 Å². The number of hydrogen-bond donors (Lipinski definition) is 1. The second-order valence-electron chi connectivity index (χ2n) is 7.69. The fourth-order valence-electron chi connectivity index (χ4n) is 3.63. The van der Waals surface area contributed by atoms with Crippen molar-refractivity contribution in [2.45, 2.75) is 43.5 Å². The SMILES string of the molecule is CC(CCc1ccccc1)NC(=O)C1CCN(S(=O)(=O)c2cc(F)ccc2F)CC1. The second-order valence-corrected chi connectivity index (χ2v) is 9.59. The zero-order chi connectivity index (χ0) is 21.7. The highest BCUT2D eigenvalue weighted by Gasteiger charge is 2.34. The summed E-state index contributed by atoms with van der Waals surface area (Å²) in [6.07, 6.45) is 2.35. The molecular weight excluding hydrogens is 410 g/mol. The molecule has 0 radical (unpaired) electrons. The van der Waals surface area contributed by atoms with Crippen LogP contribution in [0.2, 0.25) is 0 Å². The molecule has 30 heavy (non-hydrogen) atoms. The second kappa shape index (κ2) is 9.66. The molecule has 0 saturated carbocycles. The van der Waals surface area contributed by atoms with Gasteiger partial charge in [-0.15, -0.1) is 0 Å². The van der Waals surface area contributed by atoms with Gasteiger partial charge < -0.3 is 5.32 Å². The number of piperidine rings is 1. The van der Waals surface area contributed by atoms with E-state index < -0.39 is 26.6 Å². The lowest BCUT2D eigenvalue weighted by Gasteiger charge is -2.31. The van der Waals surface area contributed by atoms with Crippen molar-refractivity contribution in [3.63, 3.8) is 0 Å². The molecule has 1 atom stereocenters. The zero-order valence-electron chi connectivity index (χ0n) is 16.9. The summed E-state index contributed by atoms with van der Waals surface area (Å²) >= 11 is 0. The Labute approximate surface area is 176 Å². The van der Waals surface area contributed by atoms with Gasteiger partial charge in [-0.25, -0.2) is 17.2 Å². The van der Waals surface area contributed by atoms with E-state index in [-0.39, 0.29) is 31.0 Å². The first-order valence-corrected chi connectivity index (χ1v) is 11.5. The highest BCUT2D eigenvalue weighted by Crippen LogP contribution is 2.26. The molecule has 0 aliphatic carbocycles. The van der Waals surface area contributed by atoms with Gasteiger partial charge in [-0.05, 0) is 56.4 Å². The summed E-state index contributed by atoms with van der Waals surface area (Å²) in [6, 6.07) is 12.4. The maximum atomic E-state index is 13.9. The van der Waals surface area contributed by atoms with Crippen molar-refractivity contribution in [3.05, 3.63) is 65.7 Å². The number of aryl methyl sites for hydroxylation is 1. The smallest absolute Gasteiger partial charge is 0.246 e. The highest BCUT2D eigenvalue weighted by molar-refractivity contribution is 7.89. The average molecular weight is 437 g/mol. The molecule has 0 spiro atoms. The van der Waals surface area contributed by atoms with Gasteiger partial charge in [-0.2, -0.15) is 4.31 Å². The molecule has 0 aromatic heterocycles. The van der Waals surface area contributed by atoms with Crippen molar-refractivity contribution < 1.29 is 22.0 Å². The van der Waals surface area contributed by atoms with E-state index in [1.165, 1.54) is 5.56 Å². The fourth-order valence-corrected chi connectivity index (χ4v) is 5.18. The maximum absolute atomic E-state index is 13.9. The van der Waals surface area contributed by atoms with E-state index >= 15 is 0 Å². The number of amides is 1. The summed E-state index contributed by atoms with van der Waals surface area (Å²) < 4.78 is 53.8. The Morgan fingerprint density at radius 3 is 2.47 bits per heavy atom. The monoisotopic (exact) mass is 436 g/mol. The number of carbonyl (C=O) groups is 1. The van der Waals surface area contributed by atoms with Crippen LogP contribution in [0.4, 0.5) is 8.78 Å². The minimum atomic E-state index is -4.14. The summed E-state index contributed by atoms with van der Waals surface area (Å²) in [5.74, 6) is -2.19. The molecule has 2 aromatic carbocycles. The Balaban J connectivity index is 1.52. The quantitative estimate of drug-likeness (QED) is 0.723. The van der Waals surface area contributed by atoms with Gasteiger partial charge >= 0.3 is 0 Å².